The van der Waals surface area contributed by atoms with E-state index in [2.05, 4.69) is 15.3 Å². The lowest BCUT2D eigenvalue weighted by atomic mass is 10.2. The molecule has 1 saturated heterocycles. The molecule has 1 aliphatic heterocycles. The maximum atomic E-state index is 4.54. The van der Waals surface area contributed by atoms with Crippen LogP contribution in [0.2, 0.25) is 0 Å². The van der Waals surface area contributed by atoms with Crippen molar-refractivity contribution in [2.24, 2.45) is 0 Å². The smallest absolute Gasteiger partial charge is 0.223 e. The van der Waals surface area contributed by atoms with E-state index in [9.17, 15) is 0 Å². The lowest BCUT2D eigenvalue weighted by Gasteiger charge is -2.22. The van der Waals surface area contributed by atoms with Crippen molar-refractivity contribution in [3.8, 4) is 0 Å². The van der Waals surface area contributed by atoms with Crippen molar-refractivity contribution in [1.29, 1.82) is 0 Å². The van der Waals surface area contributed by atoms with Gasteiger partial charge in [0, 0.05) is 23.4 Å². The molecule has 1 aromatic carbocycles. The number of para-hydroxylation sites is 1. The van der Waals surface area contributed by atoms with Gasteiger partial charge >= 0.3 is 0 Å². The first kappa shape index (κ1) is 10.8. The van der Waals surface area contributed by atoms with Crippen molar-refractivity contribution >= 4 is 28.6 Å². The number of benzene rings is 1. The van der Waals surface area contributed by atoms with Crippen molar-refractivity contribution in [3.63, 3.8) is 0 Å². The lowest BCUT2D eigenvalue weighted by Crippen LogP contribution is -2.26. The molecule has 0 saturated carbocycles. The fourth-order valence-electron chi connectivity index (χ4n) is 2.08. The second-order valence-electron chi connectivity index (χ2n) is 4.31. The van der Waals surface area contributed by atoms with Crippen LogP contribution in [0.4, 0.5) is 5.95 Å². The number of hydrogen-bond donors (Lipinski definition) is 1. The lowest BCUT2D eigenvalue weighted by molar-refractivity contribution is 0.679. The molecule has 17 heavy (non-hydrogen) atoms. The maximum absolute atomic E-state index is 4.54. The third kappa shape index (κ3) is 2.52. The van der Waals surface area contributed by atoms with Crippen molar-refractivity contribution in [2.75, 3.05) is 16.8 Å². The van der Waals surface area contributed by atoms with E-state index in [4.69, 9.17) is 0 Å². The maximum Gasteiger partial charge on any atom is 0.223 e. The topological polar surface area (TPSA) is 37.8 Å². The Hall–Kier alpha value is -1.29. The molecule has 1 aliphatic rings. The van der Waals surface area contributed by atoms with E-state index in [0.29, 0.717) is 6.04 Å². The normalized spacial score (nSPS) is 20.4. The van der Waals surface area contributed by atoms with Crippen LogP contribution in [-0.2, 0) is 0 Å². The number of fused-ring (bicyclic) bond motifs is 1. The van der Waals surface area contributed by atoms with Crippen molar-refractivity contribution in [2.45, 2.75) is 18.9 Å². The number of thioether (sulfide) groups is 1. The van der Waals surface area contributed by atoms with Gasteiger partial charge in [0.2, 0.25) is 5.95 Å². The largest absolute Gasteiger partial charge is 0.351 e. The van der Waals surface area contributed by atoms with Gasteiger partial charge in [0.1, 0.15) is 0 Å². The second kappa shape index (κ2) is 4.92. The van der Waals surface area contributed by atoms with Crippen LogP contribution in [0.5, 0.6) is 0 Å². The Morgan fingerprint density at radius 2 is 2.24 bits per heavy atom. The Balaban J connectivity index is 1.80. The highest BCUT2D eigenvalue weighted by atomic mass is 32.2. The number of aromatic nitrogens is 2. The number of rotatable bonds is 2. The van der Waals surface area contributed by atoms with E-state index in [1.165, 1.54) is 18.6 Å². The summed E-state index contributed by atoms with van der Waals surface area (Å²) in [6.07, 6.45) is 4.40. The third-order valence-corrected chi connectivity index (χ3v) is 4.20. The summed E-state index contributed by atoms with van der Waals surface area (Å²) >= 11 is 2.01. The summed E-state index contributed by atoms with van der Waals surface area (Å²) in [5.41, 5.74) is 1.01. The van der Waals surface area contributed by atoms with Gasteiger partial charge in [-0.25, -0.2) is 9.97 Å². The van der Waals surface area contributed by atoms with Crippen LogP contribution in [0.1, 0.15) is 12.8 Å². The monoisotopic (exact) mass is 245 g/mol. The zero-order valence-corrected chi connectivity index (χ0v) is 10.4. The van der Waals surface area contributed by atoms with Crippen LogP contribution in [0.3, 0.4) is 0 Å². The number of hydrogen-bond acceptors (Lipinski definition) is 4. The second-order valence-corrected chi connectivity index (χ2v) is 5.46. The highest BCUT2D eigenvalue weighted by Gasteiger charge is 2.14. The average molecular weight is 245 g/mol. The molecule has 2 aromatic rings. The fraction of sp³-hybridized carbons (Fsp3) is 0.385. The van der Waals surface area contributed by atoms with E-state index in [0.717, 1.165) is 22.6 Å². The predicted octanol–water partition coefficient (Wildman–Crippen LogP) is 2.94. The van der Waals surface area contributed by atoms with Gasteiger partial charge in [-0.15, -0.1) is 0 Å². The van der Waals surface area contributed by atoms with Crippen molar-refractivity contribution in [1.82, 2.24) is 9.97 Å². The molecule has 0 radical (unpaired) electrons. The Labute approximate surface area is 105 Å². The molecular formula is C13H15N3S. The van der Waals surface area contributed by atoms with E-state index < -0.39 is 0 Å². The van der Waals surface area contributed by atoms with Crippen LogP contribution in [-0.4, -0.2) is 27.5 Å². The summed E-state index contributed by atoms with van der Waals surface area (Å²) in [5, 5.41) is 4.52. The molecule has 0 amide bonds. The molecule has 1 aromatic heterocycles. The summed E-state index contributed by atoms with van der Waals surface area (Å²) in [6, 6.07) is 8.61. The van der Waals surface area contributed by atoms with Gasteiger partial charge in [0.25, 0.3) is 0 Å². The summed E-state index contributed by atoms with van der Waals surface area (Å²) in [5.74, 6) is 3.21. The van der Waals surface area contributed by atoms with Crippen LogP contribution in [0.25, 0.3) is 10.9 Å². The van der Waals surface area contributed by atoms with E-state index >= 15 is 0 Å². The van der Waals surface area contributed by atoms with Gasteiger partial charge in [0.15, 0.2) is 0 Å². The summed E-state index contributed by atoms with van der Waals surface area (Å²) in [4.78, 5) is 8.91. The third-order valence-electron chi connectivity index (χ3n) is 2.98. The molecule has 3 rings (SSSR count). The van der Waals surface area contributed by atoms with Gasteiger partial charge in [-0.3, -0.25) is 0 Å². The van der Waals surface area contributed by atoms with Crippen molar-refractivity contribution < 1.29 is 0 Å². The summed E-state index contributed by atoms with van der Waals surface area (Å²) in [6.45, 7) is 0. The Kier molecular flexibility index (Phi) is 3.14. The van der Waals surface area contributed by atoms with Gasteiger partial charge in [-0.2, -0.15) is 11.8 Å². The molecule has 1 atom stereocenters. The minimum absolute atomic E-state index is 0.523. The Bertz CT molecular complexity index is 509. The van der Waals surface area contributed by atoms with E-state index in [-0.39, 0.29) is 0 Å². The Morgan fingerprint density at radius 1 is 1.29 bits per heavy atom. The zero-order chi connectivity index (χ0) is 11.5. The standard InChI is InChI=1S/C13H15N3S/c1-2-6-12-10(4-1)8-14-13(16-12)15-11-5-3-7-17-9-11/h1-2,4,6,8,11H,3,5,7,9H2,(H,14,15,16). The zero-order valence-electron chi connectivity index (χ0n) is 9.60. The molecule has 1 unspecified atom stereocenters. The molecule has 2 heterocycles. The molecule has 88 valence electrons. The first-order valence-corrected chi connectivity index (χ1v) is 7.13. The molecule has 0 spiro atoms. The number of nitrogens with zero attached hydrogens (tertiary/aromatic N) is 2. The fourth-order valence-corrected chi connectivity index (χ4v) is 3.15. The Morgan fingerprint density at radius 3 is 3.12 bits per heavy atom. The molecule has 4 heteroatoms. The SMILES string of the molecule is c1ccc2nc(NC3CCCSC3)ncc2c1. The van der Waals surface area contributed by atoms with Gasteiger partial charge in [-0.1, -0.05) is 18.2 Å². The quantitative estimate of drug-likeness (QED) is 0.882. The molecule has 0 aliphatic carbocycles. The molecule has 1 N–H and O–H groups in total. The van der Waals surface area contributed by atoms with Crippen LogP contribution >= 0.6 is 11.8 Å². The highest BCUT2D eigenvalue weighted by molar-refractivity contribution is 7.99. The average Bonchev–Trinajstić information content (AvgIpc) is 2.40. The minimum Gasteiger partial charge on any atom is -0.351 e. The van der Waals surface area contributed by atoms with Crippen LogP contribution in [0, 0.1) is 0 Å². The highest BCUT2D eigenvalue weighted by Crippen LogP contribution is 2.20. The molecule has 3 nitrogen and oxygen atoms in total. The van der Waals surface area contributed by atoms with Gasteiger partial charge in [-0.05, 0) is 24.7 Å². The summed E-state index contributed by atoms with van der Waals surface area (Å²) < 4.78 is 0. The first-order valence-electron chi connectivity index (χ1n) is 5.98. The van der Waals surface area contributed by atoms with Crippen LogP contribution in [0.15, 0.2) is 30.5 Å². The first-order chi connectivity index (χ1) is 8.42. The van der Waals surface area contributed by atoms with Crippen molar-refractivity contribution in [3.05, 3.63) is 30.5 Å². The number of anilines is 1. The molecular weight excluding hydrogens is 230 g/mol. The van der Waals surface area contributed by atoms with E-state index in [1.807, 2.05) is 42.2 Å². The number of nitrogens with one attached hydrogen (secondary N) is 1. The van der Waals surface area contributed by atoms with Crippen LogP contribution < -0.4 is 5.32 Å². The van der Waals surface area contributed by atoms with Gasteiger partial charge < -0.3 is 5.32 Å². The molecule has 1 fully saturated rings. The predicted molar refractivity (Wildman–Crippen MR) is 73.5 cm³/mol. The molecule has 0 bridgehead atoms. The van der Waals surface area contributed by atoms with E-state index in [1.54, 1.807) is 0 Å². The van der Waals surface area contributed by atoms with Gasteiger partial charge in [0.05, 0.1) is 5.52 Å². The minimum atomic E-state index is 0.523. The summed E-state index contributed by atoms with van der Waals surface area (Å²) in [7, 11) is 0.